The first-order chi connectivity index (χ1) is 10.8. The summed E-state index contributed by atoms with van der Waals surface area (Å²) in [6.07, 6.45) is 0.652. The highest BCUT2D eigenvalue weighted by Crippen LogP contribution is 2.34. The van der Waals surface area contributed by atoms with Crippen LogP contribution in [-0.2, 0) is 14.8 Å². The fourth-order valence-electron chi connectivity index (χ4n) is 3.22. The molecular weight excluding hydrogens is 363 g/mol. The maximum atomic E-state index is 13.1. The molecule has 2 bridgehead atoms. The lowest BCUT2D eigenvalue weighted by atomic mass is 9.96. The van der Waals surface area contributed by atoms with Crippen LogP contribution in [0, 0.1) is 0 Å². The van der Waals surface area contributed by atoms with Gasteiger partial charge in [0.15, 0.2) is 0 Å². The van der Waals surface area contributed by atoms with Crippen molar-refractivity contribution in [2.75, 3.05) is 6.54 Å². The number of piperidine rings is 1. The second kappa shape index (κ2) is 6.22. The average Bonchev–Trinajstić information content (AvgIpc) is 2.56. The molecule has 0 aliphatic carbocycles. The summed E-state index contributed by atoms with van der Waals surface area (Å²) >= 11 is 11.8. The van der Waals surface area contributed by atoms with E-state index >= 15 is 0 Å². The van der Waals surface area contributed by atoms with Crippen molar-refractivity contribution >= 4 is 39.1 Å². The minimum Gasteiger partial charge on any atom is -0.390 e. The van der Waals surface area contributed by atoms with E-state index in [-0.39, 0.29) is 27.4 Å². The van der Waals surface area contributed by atoms with Crippen LogP contribution in [0.2, 0.25) is 10.0 Å². The number of amides is 1. The number of fused-ring (bicyclic) bond motifs is 2. The van der Waals surface area contributed by atoms with Crippen molar-refractivity contribution in [2.45, 2.75) is 42.3 Å². The predicted molar refractivity (Wildman–Crippen MR) is 85.9 cm³/mol. The standard InChI is InChI=1S/C14H16Cl2N2O4S/c15-8-4-9(16)6-10(5-8)23(21,22)18-11-2-1-3-12(18)14(20)17-7-13(11)19/h4-6,11-13,19H,1-3,7H2,(H,17,20)/t11?,12?,13-/m0/s1. The van der Waals surface area contributed by atoms with Crippen LogP contribution < -0.4 is 5.32 Å². The molecule has 3 atom stereocenters. The number of aliphatic hydroxyl groups excluding tert-OH is 1. The highest BCUT2D eigenvalue weighted by molar-refractivity contribution is 7.89. The normalized spacial score (nSPS) is 29.0. The largest absolute Gasteiger partial charge is 0.390 e. The Labute approximate surface area is 144 Å². The van der Waals surface area contributed by atoms with Crippen molar-refractivity contribution in [3.63, 3.8) is 0 Å². The molecule has 2 aliphatic heterocycles. The maximum Gasteiger partial charge on any atom is 0.244 e. The van der Waals surface area contributed by atoms with Gasteiger partial charge in [-0.1, -0.05) is 23.2 Å². The third-order valence-electron chi connectivity index (χ3n) is 4.26. The quantitative estimate of drug-likeness (QED) is 0.813. The van der Waals surface area contributed by atoms with Crippen molar-refractivity contribution in [3.05, 3.63) is 28.2 Å². The number of aliphatic hydroxyl groups is 1. The number of hydrogen-bond acceptors (Lipinski definition) is 4. The third-order valence-corrected chi connectivity index (χ3v) is 6.60. The number of sulfonamides is 1. The number of nitrogens with zero attached hydrogens (tertiary/aromatic N) is 1. The summed E-state index contributed by atoms with van der Waals surface area (Å²) < 4.78 is 27.3. The molecular formula is C14H16Cl2N2O4S. The molecule has 0 aromatic heterocycles. The molecule has 0 saturated carbocycles. The fourth-order valence-corrected chi connectivity index (χ4v) is 5.81. The Morgan fingerprint density at radius 1 is 1.17 bits per heavy atom. The van der Waals surface area contributed by atoms with Gasteiger partial charge < -0.3 is 10.4 Å². The lowest BCUT2D eigenvalue weighted by Gasteiger charge is -2.39. The summed E-state index contributed by atoms with van der Waals surface area (Å²) in [6, 6.07) is 2.57. The maximum absolute atomic E-state index is 13.1. The Morgan fingerprint density at radius 3 is 2.48 bits per heavy atom. The van der Waals surface area contributed by atoms with E-state index in [0.717, 1.165) is 4.31 Å². The molecule has 2 fully saturated rings. The van der Waals surface area contributed by atoms with Crippen molar-refractivity contribution in [2.24, 2.45) is 0 Å². The first-order valence-corrected chi connectivity index (χ1v) is 9.46. The summed E-state index contributed by atoms with van der Waals surface area (Å²) in [7, 11) is -4.01. The summed E-state index contributed by atoms with van der Waals surface area (Å²) in [4.78, 5) is 12.1. The number of rotatable bonds is 2. The number of β-amino-alcohol motifs (C(OH)–C–C–N with tert-alkyl or cyclic N) is 1. The topological polar surface area (TPSA) is 86.7 Å². The first kappa shape index (κ1) is 17.0. The Kier molecular flexibility index (Phi) is 4.59. The fraction of sp³-hybridized carbons (Fsp3) is 0.500. The number of hydrogen-bond donors (Lipinski definition) is 2. The van der Waals surface area contributed by atoms with Gasteiger partial charge in [-0.3, -0.25) is 4.79 Å². The van der Waals surface area contributed by atoms with Gasteiger partial charge in [0.1, 0.15) is 6.04 Å². The second-order valence-corrected chi connectivity index (χ2v) is 8.48. The highest BCUT2D eigenvalue weighted by Gasteiger charge is 2.47. The van der Waals surface area contributed by atoms with Crippen molar-refractivity contribution in [3.8, 4) is 0 Å². The number of carbonyl (C=O) groups is 1. The van der Waals surface area contributed by atoms with Crippen LogP contribution in [0.3, 0.4) is 0 Å². The lowest BCUT2D eigenvalue weighted by molar-refractivity contribution is -0.125. The van der Waals surface area contributed by atoms with Gasteiger partial charge in [0.05, 0.1) is 17.0 Å². The molecule has 1 amide bonds. The van der Waals surface area contributed by atoms with E-state index < -0.39 is 28.2 Å². The van der Waals surface area contributed by atoms with Gasteiger partial charge in [0.25, 0.3) is 0 Å². The van der Waals surface area contributed by atoms with E-state index in [9.17, 15) is 18.3 Å². The zero-order valence-electron chi connectivity index (χ0n) is 12.1. The Bertz CT molecular complexity index is 720. The zero-order chi connectivity index (χ0) is 16.8. The lowest BCUT2D eigenvalue weighted by Crippen LogP contribution is -2.55. The molecule has 0 spiro atoms. The van der Waals surface area contributed by atoms with Crippen molar-refractivity contribution in [1.29, 1.82) is 0 Å². The second-order valence-electron chi connectivity index (χ2n) is 5.77. The number of halogens is 2. The average molecular weight is 379 g/mol. The first-order valence-electron chi connectivity index (χ1n) is 7.26. The van der Waals surface area contributed by atoms with E-state index in [2.05, 4.69) is 5.32 Å². The SMILES string of the molecule is O=C1NC[C@H](O)C2CCCC1N2S(=O)(=O)c1cc(Cl)cc(Cl)c1. The van der Waals surface area contributed by atoms with Crippen LogP contribution in [0.1, 0.15) is 19.3 Å². The van der Waals surface area contributed by atoms with E-state index in [4.69, 9.17) is 23.2 Å². The Balaban J connectivity index is 2.11. The van der Waals surface area contributed by atoms with Gasteiger partial charge in [-0.05, 0) is 37.5 Å². The molecule has 9 heteroatoms. The molecule has 1 aromatic carbocycles. The summed E-state index contributed by atoms with van der Waals surface area (Å²) in [5.74, 6) is -0.386. The number of nitrogens with one attached hydrogen (secondary N) is 1. The Hall–Kier alpha value is -0.860. The molecule has 23 heavy (non-hydrogen) atoms. The van der Waals surface area contributed by atoms with Crippen molar-refractivity contribution in [1.82, 2.24) is 9.62 Å². The molecule has 2 unspecified atom stereocenters. The molecule has 3 rings (SSSR count). The van der Waals surface area contributed by atoms with Crippen LogP contribution in [0.5, 0.6) is 0 Å². The van der Waals surface area contributed by atoms with Crippen LogP contribution in [0.25, 0.3) is 0 Å². The van der Waals surface area contributed by atoms with E-state index in [1.165, 1.54) is 18.2 Å². The summed E-state index contributed by atoms with van der Waals surface area (Å²) in [5.41, 5.74) is 0. The highest BCUT2D eigenvalue weighted by atomic mass is 35.5. The molecule has 1 aromatic rings. The molecule has 2 saturated heterocycles. The molecule has 2 N–H and O–H groups in total. The summed E-state index contributed by atoms with van der Waals surface area (Å²) in [6.45, 7) is 0.0440. The molecule has 6 nitrogen and oxygen atoms in total. The van der Waals surface area contributed by atoms with Crippen molar-refractivity contribution < 1.29 is 18.3 Å². The minimum absolute atomic E-state index is 0.0440. The monoisotopic (exact) mass is 378 g/mol. The minimum atomic E-state index is -4.01. The number of carbonyl (C=O) groups excluding carboxylic acids is 1. The van der Waals surface area contributed by atoms with E-state index in [1.807, 2.05) is 0 Å². The number of benzene rings is 1. The molecule has 126 valence electrons. The van der Waals surface area contributed by atoms with Gasteiger partial charge in [-0.15, -0.1) is 0 Å². The van der Waals surface area contributed by atoms with E-state index in [0.29, 0.717) is 19.3 Å². The Morgan fingerprint density at radius 2 is 1.83 bits per heavy atom. The van der Waals surface area contributed by atoms with Crippen LogP contribution in [-0.4, -0.2) is 48.5 Å². The van der Waals surface area contributed by atoms with Gasteiger partial charge >= 0.3 is 0 Å². The van der Waals surface area contributed by atoms with Gasteiger partial charge in [0, 0.05) is 16.6 Å². The van der Waals surface area contributed by atoms with E-state index in [1.54, 1.807) is 0 Å². The molecule has 2 aliphatic rings. The van der Waals surface area contributed by atoms with Crippen LogP contribution >= 0.6 is 23.2 Å². The third kappa shape index (κ3) is 3.08. The molecule has 2 heterocycles. The van der Waals surface area contributed by atoms with Gasteiger partial charge in [0.2, 0.25) is 15.9 Å². The zero-order valence-corrected chi connectivity index (χ0v) is 14.4. The molecule has 0 radical (unpaired) electrons. The van der Waals surface area contributed by atoms with Crippen LogP contribution in [0.15, 0.2) is 23.1 Å². The van der Waals surface area contributed by atoms with Crippen LogP contribution in [0.4, 0.5) is 0 Å². The van der Waals surface area contributed by atoms with Gasteiger partial charge in [-0.25, -0.2) is 8.42 Å². The smallest absolute Gasteiger partial charge is 0.244 e. The summed E-state index contributed by atoms with van der Waals surface area (Å²) in [5, 5.41) is 13.2. The van der Waals surface area contributed by atoms with Gasteiger partial charge in [-0.2, -0.15) is 4.31 Å². The predicted octanol–water partition coefficient (Wildman–Crippen LogP) is 1.40.